The molecule has 0 aliphatic heterocycles. The minimum absolute atomic E-state index is 0.0714. The number of ether oxygens (including phenoxy) is 2. The van der Waals surface area contributed by atoms with Gasteiger partial charge in [0.1, 0.15) is 0 Å². The maximum Gasteiger partial charge on any atom is 0.179 e. The Morgan fingerprint density at radius 3 is 2.33 bits per heavy atom. The fourth-order valence-corrected chi connectivity index (χ4v) is 1.92. The molecule has 0 aliphatic carbocycles. The highest BCUT2D eigenvalue weighted by Crippen LogP contribution is 2.39. The van der Waals surface area contributed by atoms with Crippen LogP contribution in [0.4, 0.5) is 0 Å². The van der Waals surface area contributed by atoms with E-state index in [1.54, 1.807) is 14.2 Å². The van der Waals surface area contributed by atoms with E-state index in [9.17, 15) is 0 Å². The van der Waals surface area contributed by atoms with Crippen molar-refractivity contribution in [3.63, 3.8) is 0 Å². The molecule has 0 radical (unpaired) electrons. The molecule has 0 bridgehead atoms. The minimum atomic E-state index is 0.0714. The van der Waals surface area contributed by atoms with Gasteiger partial charge in [0.2, 0.25) is 0 Å². The number of hydrogen-bond donors (Lipinski definition) is 1. The van der Waals surface area contributed by atoms with Crippen molar-refractivity contribution in [3.8, 4) is 11.5 Å². The SMILES string of the molecule is COc1c(Cl)cc(C)c(CCO)c1OC. The van der Waals surface area contributed by atoms with Crippen LogP contribution in [0.5, 0.6) is 11.5 Å². The van der Waals surface area contributed by atoms with Gasteiger partial charge in [0.15, 0.2) is 11.5 Å². The first-order valence-electron chi connectivity index (χ1n) is 4.66. The van der Waals surface area contributed by atoms with Crippen LogP contribution in [0.1, 0.15) is 11.1 Å². The number of methoxy groups -OCH3 is 2. The van der Waals surface area contributed by atoms with Crippen molar-refractivity contribution in [1.29, 1.82) is 0 Å². The maximum absolute atomic E-state index is 8.97. The number of aliphatic hydroxyl groups is 1. The van der Waals surface area contributed by atoms with Gasteiger partial charge in [-0.3, -0.25) is 0 Å². The number of benzene rings is 1. The molecule has 0 aromatic heterocycles. The van der Waals surface area contributed by atoms with Crippen LogP contribution in [0.25, 0.3) is 0 Å². The molecule has 0 atom stereocenters. The van der Waals surface area contributed by atoms with Gasteiger partial charge in [-0.2, -0.15) is 0 Å². The van der Waals surface area contributed by atoms with Crippen molar-refractivity contribution in [2.75, 3.05) is 20.8 Å². The summed E-state index contributed by atoms with van der Waals surface area (Å²) in [6.07, 6.45) is 0.530. The molecular weight excluding hydrogens is 216 g/mol. The predicted molar refractivity (Wildman–Crippen MR) is 60.1 cm³/mol. The molecule has 0 spiro atoms. The Labute approximate surface area is 94.6 Å². The first kappa shape index (κ1) is 12.1. The van der Waals surface area contributed by atoms with Gasteiger partial charge in [-0.15, -0.1) is 0 Å². The van der Waals surface area contributed by atoms with Crippen molar-refractivity contribution in [3.05, 3.63) is 22.2 Å². The van der Waals surface area contributed by atoms with Gasteiger partial charge in [-0.25, -0.2) is 0 Å². The molecule has 15 heavy (non-hydrogen) atoms. The number of rotatable bonds is 4. The molecule has 0 fully saturated rings. The molecule has 1 aromatic rings. The molecule has 84 valence electrons. The number of halogens is 1. The first-order chi connectivity index (χ1) is 7.15. The zero-order valence-electron chi connectivity index (χ0n) is 9.13. The van der Waals surface area contributed by atoms with E-state index in [2.05, 4.69) is 0 Å². The van der Waals surface area contributed by atoms with Crippen molar-refractivity contribution < 1.29 is 14.6 Å². The summed E-state index contributed by atoms with van der Waals surface area (Å²) in [6, 6.07) is 1.81. The summed E-state index contributed by atoms with van der Waals surface area (Å²) in [5, 5.41) is 9.49. The Hall–Kier alpha value is -0.930. The Morgan fingerprint density at radius 1 is 1.27 bits per heavy atom. The zero-order chi connectivity index (χ0) is 11.4. The first-order valence-corrected chi connectivity index (χ1v) is 5.04. The van der Waals surface area contributed by atoms with Crippen molar-refractivity contribution >= 4 is 11.6 Å². The van der Waals surface area contributed by atoms with Gasteiger partial charge in [0.25, 0.3) is 0 Å². The Balaban J connectivity index is 3.35. The van der Waals surface area contributed by atoms with E-state index >= 15 is 0 Å². The lowest BCUT2D eigenvalue weighted by atomic mass is 10.0. The Morgan fingerprint density at radius 2 is 1.87 bits per heavy atom. The maximum atomic E-state index is 8.97. The highest BCUT2D eigenvalue weighted by molar-refractivity contribution is 6.32. The molecule has 0 unspecified atom stereocenters. The quantitative estimate of drug-likeness (QED) is 0.862. The molecule has 0 aliphatic rings. The van der Waals surface area contributed by atoms with Crippen LogP contribution < -0.4 is 9.47 Å². The third kappa shape index (κ3) is 2.36. The van der Waals surface area contributed by atoms with Crippen molar-refractivity contribution in [2.24, 2.45) is 0 Å². The lowest BCUT2D eigenvalue weighted by molar-refractivity contribution is 0.294. The fraction of sp³-hybridized carbons (Fsp3) is 0.455. The number of aliphatic hydroxyl groups excluding tert-OH is 1. The van der Waals surface area contributed by atoms with Gasteiger partial charge >= 0.3 is 0 Å². The molecule has 4 heteroatoms. The predicted octanol–water partition coefficient (Wildman–Crippen LogP) is 2.20. The number of hydrogen-bond acceptors (Lipinski definition) is 3. The lowest BCUT2D eigenvalue weighted by Gasteiger charge is -2.15. The molecule has 0 amide bonds. The van der Waals surface area contributed by atoms with Crippen LogP contribution in [0, 0.1) is 6.92 Å². The van der Waals surface area contributed by atoms with Crippen LogP contribution >= 0.6 is 11.6 Å². The van der Waals surface area contributed by atoms with Gasteiger partial charge in [-0.05, 0) is 25.0 Å². The molecule has 3 nitrogen and oxygen atoms in total. The topological polar surface area (TPSA) is 38.7 Å². The van der Waals surface area contributed by atoms with Gasteiger partial charge in [0, 0.05) is 12.2 Å². The van der Waals surface area contributed by atoms with Crippen LogP contribution in [0.3, 0.4) is 0 Å². The van der Waals surface area contributed by atoms with E-state index in [0.717, 1.165) is 11.1 Å². The highest BCUT2D eigenvalue weighted by atomic mass is 35.5. The fourth-order valence-electron chi connectivity index (χ4n) is 1.60. The smallest absolute Gasteiger partial charge is 0.179 e. The summed E-state index contributed by atoms with van der Waals surface area (Å²) in [4.78, 5) is 0. The normalized spacial score (nSPS) is 10.2. The monoisotopic (exact) mass is 230 g/mol. The van der Waals surface area contributed by atoms with Gasteiger partial charge in [-0.1, -0.05) is 11.6 Å². The largest absolute Gasteiger partial charge is 0.493 e. The second-order valence-corrected chi connectivity index (χ2v) is 3.60. The Bertz CT molecular complexity index is 350. The molecule has 1 N–H and O–H groups in total. The van der Waals surface area contributed by atoms with Gasteiger partial charge < -0.3 is 14.6 Å². The third-order valence-corrected chi connectivity index (χ3v) is 2.57. The van der Waals surface area contributed by atoms with E-state index < -0.39 is 0 Å². The lowest BCUT2D eigenvalue weighted by Crippen LogP contribution is -2.01. The summed E-state index contributed by atoms with van der Waals surface area (Å²) < 4.78 is 10.4. The molecular formula is C11H15ClO3. The average Bonchev–Trinajstić information content (AvgIpc) is 2.21. The second-order valence-electron chi connectivity index (χ2n) is 3.19. The van der Waals surface area contributed by atoms with Crippen LogP contribution in [0.15, 0.2) is 6.07 Å². The highest BCUT2D eigenvalue weighted by Gasteiger charge is 2.16. The molecule has 1 aromatic carbocycles. The summed E-state index contributed by atoms with van der Waals surface area (Å²) in [7, 11) is 3.11. The van der Waals surface area contributed by atoms with E-state index in [-0.39, 0.29) is 6.61 Å². The van der Waals surface area contributed by atoms with E-state index in [4.69, 9.17) is 26.2 Å². The van der Waals surface area contributed by atoms with E-state index in [0.29, 0.717) is 22.9 Å². The molecule has 1 rings (SSSR count). The van der Waals surface area contributed by atoms with Crippen molar-refractivity contribution in [2.45, 2.75) is 13.3 Å². The second kappa shape index (κ2) is 5.24. The summed E-state index contributed by atoms with van der Waals surface area (Å²) >= 11 is 6.02. The van der Waals surface area contributed by atoms with E-state index in [1.165, 1.54) is 0 Å². The minimum Gasteiger partial charge on any atom is -0.493 e. The molecule has 0 saturated heterocycles. The van der Waals surface area contributed by atoms with Gasteiger partial charge in [0.05, 0.1) is 19.2 Å². The average molecular weight is 231 g/mol. The number of aryl methyl sites for hydroxylation is 1. The van der Waals surface area contributed by atoms with E-state index in [1.807, 2.05) is 13.0 Å². The third-order valence-electron chi connectivity index (χ3n) is 2.29. The van der Waals surface area contributed by atoms with Crippen LogP contribution in [-0.2, 0) is 6.42 Å². The summed E-state index contributed by atoms with van der Waals surface area (Å²) in [5.41, 5.74) is 1.92. The summed E-state index contributed by atoms with van der Waals surface area (Å²) in [5.74, 6) is 1.13. The standard InChI is InChI=1S/C11H15ClO3/c1-7-6-9(12)11(15-3)10(14-2)8(7)4-5-13/h6,13H,4-5H2,1-3H3. The molecule has 0 saturated carbocycles. The molecule has 0 heterocycles. The summed E-state index contributed by atoms with van der Waals surface area (Å²) in [6.45, 7) is 2.00. The van der Waals surface area contributed by atoms with Crippen molar-refractivity contribution in [1.82, 2.24) is 0 Å². The van der Waals surface area contributed by atoms with Crippen LogP contribution in [0.2, 0.25) is 5.02 Å². The Kier molecular flexibility index (Phi) is 4.24. The zero-order valence-corrected chi connectivity index (χ0v) is 9.89. The van der Waals surface area contributed by atoms with Crippen LogP contribution in [-0.4, -0.2) is 25.9 Å².